The summed E-state index contributed by atoms with van der Waals surface area (Å²) in [6.45, 7) is -0.285. The van der Waals surface area contributed by atoms with Crippen molar-refractivity contribution in [1.29, 1.82) is 0 Å². The van der Waals surface area contributed by atoms with Crippen molar-refractivity contribution in [2.75, 3.05) is 6.61 Å². The first kappa shape index (κ1) is 10.1. The molecule has 1 fully saturated rings. The van der Waals surface area contributed by atoms with Crippen molar-refractivity contribution >= 4 is 5.97 Å². The molecule has 6 heteroatoms. The van der Waals surface area contributed by atoms with E-state index < -0.39 is 5.97 Å². The summed E-state index contributed by atoms with van der Waals surface area (Å²) in [7, 11) is 0. The number of nitrogens with zero attached hydrogens (tertiary/aromatic N) is 2. The molecule has 0 saturated heterocycles. The van der Waals surface area contributed by atoms with Gasteiger partial charge in [0.2, 0.25) is 0 Å². The van der Waals surface area contributed by atoms with E-state index in [0.29, 0.717) is 11.8 Å². The van der Waals surface area contributed by atoms with Crippen molar-refractivity contribution in [2.45, 2.75) is 31.8 Å². The monoisotopic (exact) mass is 212 g/mol. The fourth-order valence-corrected chi connectivity index (χ4v) is 1.38. The zero-order valence-electron chi connectivity index (χ0n) is 8.18. The second kappa shape index (κ2) is 4.39. The number of carbonyl (C=O) groups is 1. The van der Waals surface area contributed by atoms with Gasteiger partial charge in [-0.3, -0.25) is 0 Å². The summed E-state index contributed by atoms with van der Waals surface area (Å²) < 4.78 is 9.75. The van der Waals surface area contributed by atoms with Crippen LogP contribution in [0.25, 0.3) is 0 Å². The predicted octanol–water partition coefficient (Wildman–Crippen LogP) is 0.938. The van der Waals surface area contributed by atoms with Crippen LogP contribution in [0.3, 0.4) is 0 Å². The summed E-state index contributed by atoms with van der Waals surface area (Å²) in [5.41, 5.74) is 0. The Morgan fingerprint density at radius 3 is 3.00 bits per heavy atom. The maximum Gasteiger partial charge on any atom is 0.329 e. The van der Waals surface area contributed by atoms with E-state index in [1.807, 2.05) is 0 Å². The molecule has 0 radical (unpaired) electrons. The fraction of sp³-hybridized carbons (Fsp3) is 0.667. The molecule has 0 spiro atoms. The molecule has 1 saturated carbocycles. The standard InChI is InChI=1S/C9H12N2O4/c12-8(13)5-14-4-7-10-9(11-15-7)6-2-1-3-6/h6H,1-5H2,(H,12,13). The van der Waals surface area contributed by atoms with Gasteiger partial charge in [-0.25, -0.2) is 4.79 Å². The minimum absolute atomic E-state index is 0.0615. The molecule has 2 rings (SSSR count). The van der Waals surface area contributed by atoms with E-state index in [-0.39, 0.29) is 13.2 Å². The highest BCUT2D eigenvalue weighted by molar-refractivity contribution is 5.67. The minimum atomic E-state index is -1.01. The third-order valence-electron chi connectivity index (χ3n) is 2.41. The van der Waals surface area contributed by atoms with E-state index in [2.05, 4.69) is 10.1 Å². The Morgan fingerprint density at radius 2 is 2.40 bits per heavy atom. The second-order valence-corrected chi connectivity index (χ2v) is 3.56. The molecule has 1 aromatic heterocycles. The maximum atomic E-state index is 10.2. The summed E-state index contributed by atoms with van der Waals surface area (Å²) in [5, 5.41) is 12.2. The van der Waals surface area contributed by atoms with Gasteiger partial charge in [0.25, 0.3) is 5.89 Å². The van der Waals surface area contributed by atoms with Gasteiger partial charge in [-0.2, -0.15) is 4.98 Å². The van der Waals surface area contributed by atoms with Crippen LogP contribution in [0.4, 0.5) is 0 Å². The Balaban J connectivity index is 1.81. The molecular formula is C9H12N2O4. The van der Waals surface area contributed by atoms with E-state index >= 15 is 0 Å². The Labute approximate surface area is 86.2 Å². The quantitative estimate of drug-likeness (QED) is 0.781. The van der Waals surface area contributed by atoms with Gasteiger partial charge in [0.05, 0.1) is 0 Å². The van der Waals surface area contributed by atoms with Crippen molar-refractivity contribution in [2.24, 2.45) is 0 Å². The molecule has 0 atom stereocenters. The molecule has 0 bridgehead atoms. The predicted molar refractivity (Wildman–Crippen MR) is 48.2 cm³/mol. The number of aliphatic carboxylic acids is 1. The molecule has 1 heterocycles. The maximum absolute atomic E-state index is 10.2. The van der Waals surface area contributed by atoms with Crippen molar-refractivity contribution in [3.8, 4) is 0 Å². The number of rotatable bonds is 5. The Bertz CT molecular complexity index is 346. The smallest absolute Gasteiger partial charge is 0.329 e. The lowest BCUT2D eigenvalue weighted by atomic mass is 9.85. The first-order valence-corrected chi connectivity index (χ1v) is 4.87. The molecule has 82 valence electrons. The molecule has 0 unspecified atom stereocenters. The number of hydrogen-bond donors (Lipinski definition) is 1. The van der Waals surface area contributed by atoms with Crippen LogP contribution in [-0.4, -0.2) is 27.8 Å². The molecule has 1 aliphatic carbocycles. The summed E-state index contributed by atoms with van der Waals surface area (Å²) in [4.78, 5) is 14.3. The van der Waals surface area contributed by atoms with Gasteiger partial charge in [0.1, 0.15) is 13.2 Å². The van der Waals surface area contributed by atoms with Crippen LogP contribution in [0.5, 0.6) is 0 Å². The van der Waals surface area contributed by atoms with E-state index in [4.69, 9.17) is 14.4 Å². The van der Waals surface area contributed by atoms with Gasteiger partial charge in [0.15, 0.2) is 5.82 Å². The minimum Gasteiger partial charge on any atom is -0.480 e. The van der Waals surface area contributed by atoms with Crippen LogP contribution >= 0.6 is 0 Å². The molecule has 1 aliphatic rings. The molecule has 1 aromatic rings. The fourth-order valence-electron chi connectivity index (χ4n) is 1.38. The Hall–Kier alpha value is -1.43. The average Bonchev–Trinajstić information content (AvgIpc) is 2.49. The van der Waals surface area contributed by atoms with Crippen molar-refractivity contribution in [3.05, 3.63) is 11.7 Å². The van der Waals surface area contributed by atoms with Gasteiger partial charge in [0, 0.05) is 5.92 Å². The molecule has 0 aromatic carbocycles. The molecule has 0 aliphatic heterocycles. The third kappa shape index (κ3) is 2.53. The summed E-state index contributed by atoms with van der Waals surface area (Å²) in [6, 6.07) is 0. The lowest BCUT2D eigenvalue weighted by Crippen LogP contribution is -2.10. The number of carboxylic acid groups (broad SMARTS) is 1. The highest BCUT2D eigenvalue weighted by Gasteiger charge is 2.24. The van der Waals surface area contributed by atoms with Crippen LogP contribution < -0.4 is 0 Å². The van der Waals surface area contributed by atoms with E-state index in [1.54, 1.807) is 0 Å². The molecule has 1 N–H and O–H groups in total. The first-order chi connectivity index (χ1) is 7.25. The molecule has 15 heavy (non-hydrogen) atoms. The van der Waals surface area contributed by atoms with E-state index in [9.17, 15) is 4.79 Å². The van der Waals surface area contributed by atoms with Crippen molar-refractivity contribution < 1.29 is 19.2 Å². The summed E-state index contributed by atoms with van der Waals surface area (Å²) >= 11 is 0. The lowest BCUT2D eigenvalue weighted by molar-refractivity contribution is -0.142. The molecule has 6 nitrogen and oxygen atoms in total. The zero-order valence-corrected chi connectivity index (χ0v) is 8.18. The summed E-state index contributed by atoms with van der Waals surface area (Å²) in [5.74, 6) is 0.476. The van der Waals surface area contributed by atoms with Crippen LogP contribution in [-0.2, 0) is 16.1 Å². The lowest BCUT2D eigenvalue weighted by Gasteiger charge is -2.20. The summed E-state index contributed by atoms with van der Waals surface area (Å²) in [6.07, 6.45) is 3.42. The van der Waals surface area contributed by atoms with E-state index in [1.165, 1.54) is 6.42 Å². The number of carboxylic acids is 1. The average molecular weight is 212 g/mol. The SMILES string of the molecule is O=C(O)COCc1nc(C2CCC2)no1. The number of aromatic nitrogens is 2. The number of ether oxygens (including phenoxy) is 1. The Morgan fingerprint density at radius 1 is 1.60 bits per heavy atom. The normalized spacial score (nSPS) is 16.3. The largest absolute Gasteiger partial charge is 0.480 e. The van der Waals surface area contributed by atoms with Gasteiger partial charge < -0.3 is 14.4 Å². The van der Waals surface area contributed by atoms with Gasteiger partial charge in [-0.15, -0.1) is 0 Å². The van der Waals surface area contributed by atoms with Crippen LogP contribution in [0.15, 0.2) is 4.52 Å². The van der Waals surface area contributed by atoms with Gasteiger partial charge >= 0.3 is 5.97 Å². The molecule has 0 amide bonds. The van der Waals surface area contributed by atoms with Crippen LogP contribution in [0.1, 0.15) is 36.9 Å². The highest BCUT2D eigenvalue weighted by Crippen LogP contribution is 2.34. The zero-order chi connectivity index (χ0) is 10.7. The van der Waals surface area contributed by atoms with Gasteiger partial charge in [-0.1, -0.05) is 11.6 Å². The van der Waals surface area contributed by atoms with Crippen molar-refractivity contribution in [1.82, 2.24) is 10.1 Å². The van der Waals surface area contributed by atoms with Crippen molar-refractivity contribution in [3.63, 3.8) is 0 Å². The van der Waals surface area contributed by atoms with Crippen LogP contribution in [0, 0.1) is 0 Å². The Kier molecular flexibility index (Phi) is 2.96. The highest BCUT2D eigenvalue weighted by atomic mass is 16.5. The van der Waals surface area contributed by atoms with E-state index in [0.717, 1.165) is 18.7 Å². The van der Waals surface area contributed by atoms with Crippen LogP contribution in [0.2, 0.25) is 0 Å². The number of hydrogen-bond acceptors (Lipinski definition) is 5. The third-order valence-corrected chi connectivity index (χ3v) is 2.41. The first-order valence-electron chi connectivity index (χ1n) is 4.87. The molecular weight excluding hydrogens is 200 g/mol. The topological polar surface area (TPSA) is 85.5 Å². The van der Waals surface area contributed by atoms with Gasteiger partial charge in [-0.05, 0) is 12.8 Å². The second-order valence-electron chi connectivity index (χ2n) is 3.56.